The summed E-state index contributed by atoms with van der Waals surface area (Å²) < 4.78 is 41.0. The van der Waals surface area contributed by atoms with Gasteiger partial charge in [0.15, 0.2) is 0 Å². The molecule has 0 radical (unpaired) electrons. The minimum Gasteiger partial charge on any atom is -0.389 e. The van der Waals surface area contributed by atoms with E-state index in [9.17, 15) is 12.8 Å². The number of nitrogens with one attached hydrogen (secondary N) is 1. The first-order valence-electron chi connectivity index (χ1n) is 5.53. The number of nitrogens with two attached hydrogens (primary N) is 1. The van der Waals surface area contributed by atoms with Gasteiger partial charge in [-0.25, -0.2) is 12.8 Å². The van der Waals surface area contributed by atoms with E-state index in [1.807, 2.05) is 0 Å². The summed E-state index contributed by atoms with van der Waals surface area (Å²) in [6, 6.07) is 5.25. The van der Waals surface area contributed by atoms with Crippen LogP contribution in [0.15, 0.2) is 46.0 Å². The third-order valence-corrected chi connectivity index (χ3v) is 4.46. The van der Waals surface area contributed by atoms with Gasteiger partial charge >= 0.3 is 0 Å². The summed E-state index contributed by atoms with van der Waals surface area (Å²) in [7, 11) is -3.93. The molecule has 21 heavy (non-hydrogen) atoms. The van der Waals surface area contributed by atoms with Gasteiger partial charge in [-0.15, -0.1) is 0 Å². The molecule has 0 saturated carbocycles. The molecule has 0 amide bonds. The van der Waals surface area contributed by atoms with Crippen LogP contribution in [0.3, 0.4) is 0 Å². The van der Waals surface area contributed by atoms with Gasteiger partial charge in [-0.05, 0) is 34.1 Å². The molecule has 3 N–H and O–H groups in total. The van der Waals surface area contributed by atoms with Crippen molar-refractivity contribution in [3.63, 3.8) is 0 Å². The summed E-state index contributed by atoms with van der Waals surface area (Å²) in [5.41, 5.74) is 5.25. The van der Waals surface area contributed by atoms with Crippen LogP contribution in [0.5, 0.6) is 0 Å². The van der Waals surface area contributed by atoms with Gasteiger partial charge in [0, 0.05) is 16.9 Å². The molecule has 1 aromatic heterocycles. The average molecular weight is 390 g/mol. The quantitative estimate of drug-likeness (QED) is 0.784. The van der Waals surface area contributed by atoms with Crippen LogP contribution < -0.4 is 10.5 Å². The first kappa shape index (κ1) is 15.8. The number of anilines is 1. The number of sulfonamides is 1. The lowest BCUT2D eigenvalue weighted by Gasteiger charge is -2.12. The number of rotatable bonds is 4. The van der Waals surface area contributed by atoms with E-state index in [1.54, 1.807) is 0 Å². The molecular formula is C12H9BrFN3O2S2. The Morgan fingerprint density at radius 1 is 1.38 bits per heavy atom. The van der Waals surface area contributed by atoms with Crippen molar-refractivity contribution in [2.45, 2.75) is 4.90 Å². The standard InChI is InChI=1S/C12H9BrFN3O2S2/c13-7-4-8(6-16-5-7)21(18,19)17-10-3-1-2-9(14)11(10)12(15)20/h1-6,17H,(H2,15,20). The Balaban J connectivity index is 2.47. The smallest absolute Gasteiger partial charge is 0.263 e. The molecule has 0 aliphatic heterocycles. The van der Waals surface area contributed by atoms with E-state index in [2.05, 4.69) is 25.6 Å². The molecule has 2 aromatic rings. The van der Waals surface area contributed by atoms with Crippen molar-refractivity contribution >= 4 is 48.8 Å². The molecule has 0 aliphatic rings. The van der Waals surface area contributed by atoms with E-state index < -0.39 is 15.8 Å². The molecule has 0 atom stereocenters. The summed E-state index contributed by atoms with van der Waals surface area (Å²) in [5.74, 6) is -0.699. The topological polar surface area (TPSA) is 85.1 Å². The number of pyridine rings is 1. The van der Waals surface area contributed by atoms with Crippen LogP contribution >= 0.6 is 28.1 Å². The van der Waals surface area contributed by atoms with Crippen molar-refractivity contribution in [3.8, 4) is 0 Å². The molecule has 0 aliphatic carbocycles. The minimum atomic E-state index is -3.93. The molecular weight excluding hydrogens is 381 g/mol. The van der Waals surface area contributed by atoms with E-state index in [1.165, 1.54) is 30.6 Å². The molecule has 9 heteroatoms. The van der Waals surface area contributed by atoms with Crippen LogP contribution in [0.2, 0.25) is 0 Å². The van der Waals surface area contributed by atoms with E-state index >= 15 is 0 Å². The number of benzene rings is 1. The highest BCUT2D eigenvalue weighted by atomic mass is 79.9. The maximum Gasteiger partial charge on any atom is 0.263 e. The maximum atomic E-state index is 13.7. The Labute approximate surface area is 134 Å². The zero-order chi connectivity index (χ0) is 15.6. The predicted molar refractivity (Wildman–Crippen MR) is 85.0 cm³/mol. The number of thiocarbonyl (C=S) groups is 1. The molecule has 5 nitrogen and oxygen atoms in total. The number of hydrogen-bond donors (Lipinski definition) is 2. The molecule has 0 unspecified atom stereocenters. The highest BCUT2D eigenvalue weighted by molar-refractivity contribution is 9.10. The molecule has 1 heterocycles. The largest absolute Gasteiger partial charge is 0.389 e. The summed E-state index contributed by atoms with van der Waals surface area (Å²) in [5, 5.41) is 0. The van der Waals surface area contributed by atoms with Gasteiger partial charge in [-0.1, -0.05) is 18.3 Å². The highest BCUT2D eigenvalue weighted by Crippen LogP contribution is 2.23. The van der Waals surface area contributed by atoms with E-state index in [0.29, 0.717) is 4.47 Å². The first-order chi connectivity index (χ1) is 9.81. The second kappa shape index (κ2) is 6.04. The molecule has 110 valence electrons. The summed E-state index contributed by atoms with van der Waals surface area (Å²) in [4.78, 5) is 3.46. The maximum absolute atomic E-state index is 13.7. The Bertz CT molecular complexity index is 812. The third-order valence-electron chi connectivity index (χ3n) is 2.49. The lowest BCUT2D eigenvalue weighted by molar-refractivity contribution is 0.600. The van der Waals surface area contributed by atoms with Crippen molar-refractivity contribution in [1.29, 1.82) is 0 Å². The van der Waals surface area contributed by atoms with Crippen molar-refractivity contribution in [3.05, 3.63) is 52.5 Å². The predicted octanol–water partition coefficient (Wildman–Crippen LogP) is 2.42. The SMILES string of the molecule is NC(=S)c1c(F)cccc1NS(=O)(=O)c1cncc(Br)c1. The summed E-state index contributed by atoms with van der Waals surface area (Å²) >= 11 is 7.88. The lowest BCUT2D eigenvalue weighted by Crippen LogP contribution is -2.19. The van der Waals surface area contributed by atoms with Crippen molar-refractivity contribution in [2.24, 2.45) is 5.73 Å². The van der Waals surface area contributed by atoms with Gasteiger partial charge in [0.25, 0.3) is 10.0 Å². The number of nitrogens with zero attached hydrogens (tertiary/aromatic N) is 1. The molecule has 1 aromatic carbocycles. The molecule has 2 rings (SSSR count). The zero-order valence-electron chi connectivity index (χ0n) is 10.4. The van der Waals surface area contributed by atoms with Crippen LogP contribution in [0, 0.1) is 5.82 Å². The number of halogens is 2. The Morgan fingerprint density at radius 3 is 2.71 bits per heavy atom. The number of aromatic nitrogens is 1. The lowest BCUT2D eigenvalue weighted by atomic mass is 10.2. The second-order valence-electron chi connectivity index (χ2n) is 3.97. The fourth-order valence-electron chi connectivity index (χ4n) is 1.60. The Kier molecular flexibility index (Phi) is 4.55. The van der Waals surface area contributed by atoms with Crippen molar-refractivity contribution < 1.29 is 12.8 Å². The first-order valence-corrected chi connectivity index (χ1v) is 8.21. The average Bonchev–Trinajstić information content (AvgIpc) is 2.37. The van der Waals surface area contributed by atoms with Crippen LogP contribution in [0.1, 0.15) is 5.56 Å². The molecule has 0 fully saturated rings. The van der Waals surface area contributed by atoms with Crippen LogP contribution in [-0.4, -0.2) is 18.4 Å². The van der Waals surface area contributed by atoms with Gasteiger partial charge in [0.2, 0.25) is 0 Å². The normalized spacial score (nSPS) is 11.1. The zero-order valence-corrected chi connectivity index (χ0v) is 13.6. The van der Waals surface area contributed by atoms with Crippen LogP contribution in [-0.2, 0) is 10.0 Å². The summed E-state index contributed by atoms with van der Waals surface area (Å²) in [6.45, 7) is 0. The van der Waals surface area contributed by atoms with Crippen molar-refractivity contribution in [1.82, 2.24) is 4.98 Å². The molecule has 0 bridgehead atoms. The Hall–Kier alpha value is -1.58. The Morgan fingerprint density at radius 2 is 2.10 bits per heavy atom. The fraction of sp³-hybridized carbons (Fsp3) is 0. The van der Waals surface area contributed by atoms with Crippen LogP contribution in [0.4, 0.5) is 10.1 Å². The number of hydrogen-bond acceptors (Lipinski definition) is 4. The van der Waals surface area contributed by atoms with Gasteiger partial charge in [0.05, 0.1) is 11.3 Å². The van der Waals surface area contributed by atoms with E-state index in [0.717, 1.165) is 6.07 Å². The fourth-order valence-corrected chi connectivity index (χ4v) is 3.39. The molecule has 0 saturated heterocycles. The van der Waals surface area contributed by atoms with Gasteiger partial charge in [-0.2, -0.15) is 0 Å². The molecule has 0 spiro atoms. The van der Waals surface area contributed by atoms with E-state index in [4.69, 9.17) is 18.0 Å². The van der Waals surface area contributed by atoms with Crippen LogP contribution in [0.25, 0.3) is 0 Å². The van der Waals surface area contributed by atoms with Crippen molar-refractivity contribution in [2.75, 3.05) is 4.72 Å². The van der Waals surface area contributed by atoms with Gasteiger partial charge in [0.1, 0.15) is 15.7 Å². The summed E-state index contributed by atoms with van der Waals surface area (Å²) in [6.07, 6.45) is 2.62. The monoisotopic (exact) mass is 389 g/mol. The third kappa shape index (κ3) is 3.55. The highest BCUT2D eigenvalue weighted by Gasteiger charge is 2.19. The minimum absolute atomic E-state index is 0.0255. The van der Waals surface area contributed by atoms with E-state index in [-0.39, 0.29) is 21.1 Å². The second-order valence-corrected chi connectivity index (χ2v) is 7.01. The van der Waals surface area contributed by atoms with Gasteiger partial charge < -0.3 is 5.73 Å². The van der Waals surface area contributed by atoms with Gasteiger partial charge in [-0.3, -0.25) is 9.71 Å².